The Bertz CT molecular complexity index is 1070. The summed E-state index contributed by atoms with van der Waals surface area (Å²) < 4.78 is 30.0. The van der Waals surface area contributed by atoms with E-state index in [0.717, 1.165) is 16.8 Å². The molecule has 3 rings (SSSR count). The molecule has 1 aromatic heterocycles. The number of carbonyl (C=O) groups is 2. The molecule has 1 aromatic carbocycles. The van der Waals surface area contributed by atoms with Gasteiger partial charge in [-0.2, -0.15) is 0 Å². The lowest BCUT2D eigenvalue weighted by atomic mass is 9.98. The van der Waals surface area contributed by atoms with Gasteiger partial charge in [0.25, 0.3) is 0 Å². The lowest BCUT2D eigenvalue weighted by molar-refractivity contribution is -0.151. The summed E-state index contributed by atoms with van der Waals surface area (Å²) in [4.78, 5) is 30.8. The Hall–Kier alpha value is -2.30. The van der Waals surface area contributed by atoms with Crippen molar-refractivity contribution in [3.63, 3.8) is 0 Å². The third-order valence-corrected chi connectivity index (χ3v) is 7.66. The number of benzene rings is 1. The summed E-state index contributed by atoms with van der Waals surface area (Å²) in [5.74, 6) is -0.815. The van der Waals surface area contributed by atoms with Crippen LogP contribution in [-0.2, 0) is 31.0 Å². The molecule has 0 saturated carbocycles. The van der Waals surface area contributed by atoms with Gasteiger partial charge in [-0.3, -0.25) is 14.5 Å². The molecule has 0 spiro atoms. The van der Waals surface area contributed by atoms with Crippen LogP contribution < -0.4 is 4.90 Å². The standard InChI is InChI=1S/C21H27N3O5S2/c1-14-6-5-7-19(15(14)2)24(16(3)25)21-22-18(13-30-21)12-29-20(26)17-8-10-23(11-9-17)31(4,27)28/h5-7,13,17H,8-12H2,1-4H3. The average Bonchev–Trinajstić information content (AvgIpc) is 3.17. The maximum absolute atomic E-state index is 12.4. The zero-order valence-electron chi connectivity index (χ0n) is 18.1. The number of esters is 1. The fourth-order valence-corrected chi connectivity index (χ4v) is 5.28. The fraction of sp³-hybridized carbons (Fsp3) is 0.476. The topological polar surface area (TPSA) is 96.9 Å². The predicted octanol–water partition coefficient (Wildman–Crippen LogP) is 3.16. The highest BCUT2D eigenvalue weighted by atomic mass is 32.2. The molecule has 1 amide bonds. The molecule has 0 N–H and O–H groups in total. The van der Waals surface area contributed by atoms with Gasteiger partial charge in [0.2, 0.25) is 15.9 Å². The number of hydrogen-bond acceptors (Lipinski definition) is 7. The van der Waals surface area contributed by atoms with Gasteiger partial charge in [-0.25, -0.2) is 17.7 Å². The number of hydrogen-bond donors (Lipinski definition) is 0. The Balaban J connectivity index is 1.64. The van der Waals surface area contributed by atoms with Crippen molar-refractivity contribution in [1.29, 1.82) is 0 Å². The molecule has 0 radical (unpaired) electrons. The van der Waals surface area contributed by atoms with E-state index >= 15 is 0 Å². The first kappa shape index (κ1) is 23.4. The van der Waals surface area contributed by atoms with E-state index in [1.807, 2.05) is 32.0 Å². The molecule has 10 heteroatoms. The number of aryl methyl sites for hydroxylation is 1. The third kappa shape index (κ3) is 5.50. The SMILES string of the molecule is CC(=O)N(c1nc(COC(=O)C2CCN(S(C)(=O)=O)CC2)cs1)c1cccc(C)c1C. The van der Waals surface area contributed by atoms with Gasteiger partial charge in [-0.15, -0.1) is 11.3 Å². The number of carbonyl (C=O) groups excluding carboxylic acids is 2. The molecule has 168 valence electrons. The maximum atomic E-state index is 12.4. The van der Waals surface area contributed by atoms with Gasteiger partial charge in [0, 0.05) is 25.4 Å². The van der Waals surface area contributed by atoms with Crippen molar-refractivity contribution >= 4 is 44.1 Å². The highest BCUT2D eigenvalue weighted by Crippen LogP contribution is 2.32. The van der Waals surface area contributed by atoms with E-state index in [0.29, 0.717) is 36.8 Å². The van der Waals surface area contributed by atoms with Gasteiger partial charge in [0.05, 0.1) is 23.6 Å². The first-order valence-corrected chi connectivity index (χ1v) is 12.7. The first-order chi connectivity index (χ1) is 14.6. The highest BCUT2D eigenvalue weighted by molar-refractivity contribution is 7.88. The van der Waals surface area contributed by atoms with Crippen molar-refractivity contribution < 1.29 is 22.7 Å². The fourth-order valence-electron chi connectivity index (χ4n) is 3.54. The third-order valence-electron chi connectivity index (χ3n) is 5.48. The lowest BCUT2D eigenvalue weighted by Crippen LogP contribution is -2.40. The average molecular weight is 466 g/mol. The summed E-state index contributed by atoms with van der Waals surface area (Å²) in [5, 5.41) is 2.30. The minimum absolute atomic E-state index is 0.0141. The molecular weight excluding hydrogens is 438 g/mol. The number of aromatic nitrogens is 1. The van der Waals surface area contributed by atoms with Crippen molar-refractivity contribution in [1.82, 2.24) is 9.29 Å². The number of amides is 1. The summed E-state index contributed by atoms with van der Waals surface area (Å²) >= 11 is 1.31. The molecule has 1 fully saturated rings. The summed E-state index contributed by atoms with van der Waals surface area (Å²) in [6.45, 7) is 6.11. The number of ether oxygens (including phenoxy) is 1. The largest absolute Gasteiger partial charge is 0.459 e. The Morgan fingerprint density at radius 2 is 1.94 bits per heavy atom. The maximum Gasteiger partial charge on any atom is 0.309 e. The molecular formula is C21H27N3O5S2. The van der Waals surface area contributed by atoms with Gasteiger partial charge in [0.1, 0.15) is 6.61 Å². The van der Waals surface area contributed by atoms with Crippen LogP contribution in [0.2, 0.25) is 0 Å². The summed E-state index contributed by atoms with van der Waals surface area (Å²) in [7, 11) is -3.23. The van der Waals surface area contributed by atoms with Crippen LogP contribution in [0.4, 0.5) is 10.8 Å². The second kappa shape index (κ2) is 9.46. The van der Waals surface area contributed by atoms with Crippen LogP contribution in [0.15, 0.2) is 23.6 Å². The number of rotatable bonds is 6. The highest BCUT2D eigenvalue weighted by Gasteiger charge is 2.30. The van der Waals surface area contributed by atoms with Gasteiger partial charge in [-0.05, 0) is 43.9 Å². The van der Waals surface area contributed by atoms with Gasteiger partial charge < -0.3 is 4.74 Å². The number of nitrogens with zero attached hydrogens (tertiary/aromatic N) is 3. The molecule has 0 atom stereocenters. The lowest BCUT2D eigenvalue weighted by Gasteiger charge is -2.28. The van der Waals surface area contributed by atoms with Crippen molar-refractivity contribution in [2.24, 2.45) is 5.92 Å². The minimum Gasteiger partial charge on any atom is -0.459 e. The smallest absolute Gasteiger partial charge is 0.309 e. The molecule has 8 nitrogen and oxygen atoms in total. The summed E-state index contributed by atoms with van der Waals surface area (Å²) in [6.07, 6.45) is 2.06. The van der Waals surface area contributed by atoms with Crippen LogP contribution in [0.3, 0.4) is 0 Å². The Kier molecular flexibility index (Phi) is 7.13. The Morgan fingerprint density at radius 1 is 1.26 bits per heavy atom. The second-order valence-electron chi connectivity index (χ2n) is 7.74. The molecule has 31 heavy (non-hydrogen) atoms. The van der Waals surface area contributed by atoms with Gasteiger partial charge in [0.15, 0.2) is 5.13 Å². The van der Waals surface area contributed by atoms with Crippen LogP contribution in [0, 0.1) is 19.8 Å². The van der Waals surface area contributed by atoms with Crippen LogP contribution in [-0.4, -0.2) is 48.9 Å². The van der Waals surface area contributed by atoms with Crippen molar-refractivity contribution in [3.8, 4) is 0 Å². The predicted molar refractivity (Wildman–Crippen MR) is 120 cm³/mol. The van der Waals surface area contributed by atoms with Gasteiger partial charge >= 0.3 is 5.97 Å². The molecule has 1 aliphatic rings. The van der Waals surface area contributed by atoms with Crippen molar-refractivity contribution in [2.75, 3.05) is 24.2 Å². The molecule has 0 unspecified atom stereocenters. The minimum atomic E-state index is -3.23. The van der Waals surface area contributed by atoms with Crippen molar-refractivity contribution in [3.05, 3.63) is 40.4 Å². The van der Waals surface area contributed by atoms with Crippen LogP contribution in [0.1, 0.15) is 36.6 Å². The van der Waals surface area contributed by atoms with E-state index in [9.17, 15) is 18.0 Å². The summed E-state index contributed by atoms with van der Waals surface area (Å²) in [6, 6.07) is 5.77. The van der Waals surface area contributed by atoms with Gasteiger partial charge in [-0.1, -0.05) is 12.1 Å². The number of anilines is 2. The van der Waals surface area contributed by atoms with E-state index in [4.69, 9.17) is 4.74 Å². The molecule has 1 aliphatic heterocycles. The zero-order valence-corrected chi connectivity index (χ0v) is 19.8. The molecule has 1 saturated heterocycles. The van der Waals surface area contributed by atoms with E-state index in [1.54, 1.807) is 10.3 Å². The molecule has 0 aliphatic carbocycles. The quantitative estimate of drug-likeness (QED) is 0.608. The number of sulfonamides is 1. The Labute approximate surface area is 186 Å². The monoisotopic (exact) mass is 465 g/mol. The molecule has 0 bridgehead atoms. The Morgan fingerprint density at radius 3 is 2.55 bits per heavy atom. The molecule has 2 aromatic rings. The number of thiazole rings is 1. The van der Waals surface area contributed by atoms with E-state index in [1.165, 1.54) is 28.8 Å². The van der Waals surface area contributed by atoms with E-state index < -0.39 is 10.0 Å². The first-order valence-electron chi connectivity index (χ1n) is 10.0. The van der Waals surface area contributed by atoms with Crippen LogP contribution in [0.5, 0.6) is 0 Å². The normalized spacial score (nSPS) is 15.6. The number of piperidine rings is 1. The molecule has 2 heterocycles. The van der Waals surface area contributed by atoms with E-state index in [2.05, 4.69) is 4.98 Å². The second-order valence-corrected chi connectivity index (χ2v) is 10.6. The van der Waals surface area contributed by atoms with Crippen LogP contribution >= 0.6 is 11.3 Å². The summed E-state index contributed by atoms with van der Waals surface area (Å²) in [5.41, 5.74) is 3.43. The zero-order chi connectivity index (χ0) is 22.8. The van der Waals surface area contributed by atoms with Crippen LogP contribution in [0.25, 0.3) is 0 Å². The van der Waals surface area contributed by atoms with E-state index in [-0.39, 0.29) is 24.4 Å². The van der Waals surface area contributed by atoms with Crippen molar-refractivity contribution in [2.45, 2.75) is 40.2 Å².